The molecule has 1 aliphatic rings. The number of ether oxygens (including phenoxy) is 2. The highest BCUT2D eigenvalue weighted by Gasteiger charge is 2.21. The number of pyridine rings is 1. The molecule has 0 spiro atoms. The first-order chi connectivity index (χ1) is 9.70. The van der Waals surface area contributed by atoms with Crippen molar-refractivity contribution in [2.75, 3.05) is 25.1 Å². The number of nitrogens with zero attached hydrogens (tertiary/aromatic N) is 2. The predicted octanol–water partition coefficient (Wildman–Crippen LogP) is 2.37. The Hall–Kier alpha value is -1.89. The van der Waals surface area contributed by atoms with E-state index < -0.39 is 4.92 Å². The summed E-state index contributed by atoms with van der Waals surface area (Å²) < 4.78 is 10.9. The molecule has 1 atom stereocenters. The number of hydrogen-bond donors (Lipinski definition) is 1. The molecule has 20 heavy (non-hydrogen) atoms. The Balaban J connectivity index is 2.06. The zero-order valence-electron chi connectivity index (χ0n) is 11.5. The van der Waals surface area contributed by atoms with Gasteiger partial charge in [-0.1, -0.05) is 6.92 Å². The third-order valence-electron chi connectivity index (χ3n) is 3.02. The van der Waals surface area contributed by atoms with Crippen LogP contribution in [0.4, 0.5) is 11.5 Å². The number of rotatable bonds is 7. The first-order valence-electron chi connectivity index (χ1n) is 6.84. The number of nitrogens with one attached hydrogen (secondary N) is 1. The van der Waals surface area contributed by atoms with Crippen LogP contribution in [0.25, 0.3) is 0 Å². The van der Waals surface area contributed by atoms with Crippen molar-refractivity contribution in [2.45, 2.75) is 32.3 Å². The molecule has 1 aromatic rings. The van der Waals surface area contributed by atoms with Crippen LogP contribution in [0.3, 0.4) is 0 Å². The Bertz CT molecular complexity index is 461. The average molecular weight is 281 g/mol. The lowest BCUT2D eigenvalue weighted by atomic mass is 10.2. The van der Waals surface area contributed by atoms with Crippen LogP contribution in [0.2, 0.25) is 0 Å². The molecule has 1 fully saturated rings. The number of anilines is 1. The summed E-state index contributed by atoms with van der Waals surface area (Å²) >= 11 is 0. The van der Waals surface area contributed by atoms with E-state index >= 15 is 0 Å². The van der Waals surface area contributed by atoms with Crippen LogP contribution < -0.4 is 10.1 Å². The van der Waals surface area contributed by atoms with Crippen LogP contribution >= 0.6 is 0 Å². The second-order valence-corrected chi connectivity index (χ2v) is 4.65. The van der Waals surface area contributed by atoms with E-state index in [1.807, 2.05) is 6.92 Å². The zero-order valence-corrected chi connectivity index (χ0v) is 11.5. The molecule has 1 aliphatic heterocycles. The van der Waals surface area contributed by atoms with E-state index in [1.165, 1.54) is 6.07 Å². The lowest BCUT2D eigenvalue weighted by Gasteiger charge is -2.12. The topological polar surface area (TPSA) is 86.5 Å². The van der Waals surface area contributed by atoms with E-state index in [2.05, 4.69) is 10.3 Å². The molecular formula is C13H19N3O4. The van der Waals surface area contributed by atoms with Crippen molar-refractivity contribution in [1.82, 2.24) is 4.98 Å². The Kier molecular flexibility index (Phi) is 5.11. The molecule has 0 bridgehead atoms. The smallest absolute Gasteiger partial charge is 0.331 e. The summed E-state index contributed by atoms with van der Waals surface area (Å²) in [5, 5.41) is 14.1. The molecule has 1 unspecified atom stereocenters. The van der Waals surface area contributed by atoms with Gasteiger partial charge in [0, 0.05) is 19.2 Å². The molecular weight excluding hydrogens is 262 g/mol. The summed E-state index contributed by atoms with van der Waals surface area (Å²) in [6.07, 6.45) is 2.87. The maximum absolute atomic E-state index is 11.0. The molecule has 0 aliphatic carbocycles. The van der Waals surface area contributed by atoms with Crippen LogP contribution in [0, 0.1) is 10.1 Å². The Labute approximate surface area is 117 Å². The summed E-state index contributed by atoms with van der Waals surface area (Å²) in [5.41, 5.74) is -0.120. The highest BCUT2D eigenvalue weighted by molar-refractivity contribution is 5.49. The maximum Gasteiger partial charge on any atom is 0.331 e. The van der Waals surface area contributed by atoms with Gasteiger partial charge in [-0.05, 0) is 25.3 Å². The van der Waals surface area contributed by atoms with Crippen molar-refractivity contribution >= 4 is 11.5 Å². The second-order valence-electron chi connectivity index (χ2n) is 4.65. The Morgan fingerprint density at radius 2 is 2.45 bits per heavy atom. The molecule has 0 radical (unpaired) electrons. The fraction of sp³-hybridized carbons (Fsp3) is 0.615. The van der Waals surface area contributed by atoms with E-state index in [4.69, 9.17) is 9.47 Å². The fourth-order valence-electron chi connectivity index (χ4n) is 1.98. The first kappa shape index (κ1) is 14.5. The van der Waals surface area contributed by atoms with E-state index in [1.54, 1.807) is 6.07 Å². The van der Waals surface area contributed by atoms with Crippen molar-refractivity contribution in [3.05, 3.63) is 22.2 Å². The molecule has 1 saturated heterocycles. The van der Waals surface area contributed by atoms with Gasteiger partial charge in [-0.2, -0.15) is 4.98 Å². The van der Waals surface area contributed by atoms with Crippen molar-refractivity contribution < 1.29 is 14.4 Å². The van der Waals surface area contributed by atoms with E-state index in [0.717, 1.165) is 32.4 Å². The summed E-state index contributed by atoms with van der Waals surface area (Å²) in [6, 6.07) is 3.00. The standard InChI is InChI=1S/C13H19N3O4/c1-2-7-14-12-6-5-11(16(17)18)13(15-12)20-9-10-4-3-8-19-10/h5-6,10H,2-4,7-9H2,1H3,(H,14,15). The quantitative estimate of drug-likeness (QED) is 0.610. The van der Waals surface area contributed by atoms with Gasteiger partial charge in [0.1, 0.15) is 12.4 Å². The molecule has 1 aromatic heterocycles. The molecule has 2 rings (SSSR count). The van der Waals surface area contributed by atoms with Crippen molar-refractivity contribution in [3.8, 4) is 5.88 Å². The van der Waals surface area contributed by atoms with Crippen LogP contribution in [0.5, 0.6) is 5.88 Å². The molecule has 7 nitrogen and oxygen atoms in total. The lowest BCUT2D eigenvalue weighted by molar-refractivity contribution is -0.386. The summed E-state index contributed by atoms with van der Waals surface area (Å²) in [6.45, 7) is 3.82. The fourth-order valence-corrected chi connectivity index (χ4v) is 1.98. The summed E-state index contributed by atoms with van der Waals surface area (Å²) in [5.74, 6) is 0.631. The monoisotopic (exact) mass is 281 g/mol. The van der Waals surface area contributed by atoms with Crippen LogP contribution in [-0.4, -0.2) is 35.8 Å². The van der Waals surface area contributed by atoms with E-state index in [9.17, 15) is 10.1 Å². The minimum Gasteiger partial charge on any atom is -0.470 e. The van der Waals surface area contributed by atoms with Crippen LogP contribution in [0.15, 0.2) is 12.1 Å². The minimum atomic E-state index is -0.485. The number of hydrogen-bond acceptors (Lipinski definition) is 6. The van der Waals surface area contributed by atoms with Gasteiger partial charge < -0.3 is 14.8 Å². The third-order valence-corrected chi connectivity index (χ3v) is 3.02. The number of nitro groups is 1. The second kappa shape index (κ2) is 7.04. The minimum absolute atomic E-state index is 0.00339. The normalized spacial score (nSPS) is 17.9. The molecule has 0 amide bonds. The summed E-state index contributed by atoms with van der Waals surface area (Å²) in [7, 11) is 0. The molecule has 7 heteroatoms. The highest BCUT2D eigenvalue weighted by Crippen LogP contribution is 2.27. The third kappa shape index (κ3) is 3.80. The Morgan fingerprint density at radius 1 is 1.60 bits per heavy atom. The van der Waals surface area contributed by atoms with Crippen LogP contribution in [-0.2, 0) is 4.74 Å². The largest absolute Gasteiger partial charge is 0.470 e. The predicted molar refractivity (Wildman–Crippen MR) is 74.1 cm³/mol. The zero-order chi connectivity index (χ0) is 14.4. The highest BCUT2D eigenvalue weighted by atomic mass is 16.6. The maximum atomic E-state index is 11.0. The van der Waals surface area contributed by atoms with Crippen molar-refractivity contribution in [2.24, 2.45) is 0 Å². The molecule has 1 N–H and O–H groups in total. The van der Waals surface area contributed by atoms with Crippen molar-refractivity contribution in [3.63, 3.8) is 0 Å². The van der Waals surface area contributed by atoms with Crippen LogP contribution in [0.1, 0.15) is 26.2 Å². The van der Waals surface area contributed by atoms with Gasteiger partial charge in [-0.3, -0.25) is 10.1 Å². The van der Waals surface area contributed by atoms with Gasteiger partial charge in [-0.25, -0.2) is 0 Å². The van der Waals surface area contributed by atoms with Gasteiger partial charge in [0.25, 0.3) is 5.88 Å². The van der Waals surface area contributed by atoms with E-state index in [-0.39, 0.29) is 17.7 Å². The van der Waals surface area contributed by atoms with Gasteiger partial charge in [0.15, 0.2) is 0 Å². The summed E-state index contributed by atoms with van der Waals surface area (Å²) in [4.78, 5) is 14.7. The molecule has 110 valence electrons. The molecule has 2 heterocycles. The lowest BCUT2D eigenvalue weighted by Crippen LogP contribution is -2.17. The van der Waals surface area contributed by atoms with Crippen molar-refractivity contribution in [1.29, 1.82) is 0 Å². The number of aromatic nitrogens is 1. The molecule has 0 aromatic carbocycles. The van der Waals surface area contributed by atoms with Gasteiger partial charge in [0.2, 0.25) is 0 Å². The average Bonchev–Trinajstić information content (AvgIpc) is 2.96. The van der Waals surface area contributed by atoms with Gasteiger partial charge in [-0.15, -0.1) is 0 Å². The first-order valence-corrected chi connectivity index (χ1v) is 6.84. The van der Waals surface area contributed by atoms with Gasteiger partial charge in [0.05, 0.1) is 11.0 Å². The SMILES string of the molecule is CCCNc1ccc([N+](=O)[O-])c(OCC2CCCO2)n1. The van der Waals surface area contributed by atoms with E-state index in [0.29, 0.717) is 12.4 Å². The Morgan fingerprint density at radius 3 is 3.10 bits per heavy atom. The molecule has 0 saturated carbocycles. The van der Waals surface area contributed by atoms with Gasteiger partial charge >= 0.3 is 5.69 Å².